The molecule has 2 saturated heterocycles. The SMILES string of the molecule is O=C(/C=C/c1ccccc1)N(CC1CCN(C2CCCC2)CC1)C[C@@H]1CCCO1. The Kier molecular flexibility index (Phi) is 7.39. The average Bonchev–Trinajstić information content (AvgIpc) is 3.47. The number of benzene rings is 1. The van der Waals surface area contributed by atoms with Crippen molar-refractivity contribution in [3.63, 3.8) is 0 Å². The summed E-state index contributed by atoms with van der Waals surface area (Å²) in [4.78, 5) is 17.8. The molecule has 0 aromatic heterocycles. The largest absolute Gasteiger partial charge is 0.376 e. The molecule has 4 heteroatoms. The maximum atomic E-state index is 13.0. The number of rotatable bonds is 7. The first-order valence-electron chi connectivity index (χ1n) is 11.7. The normalized spacial score (nSPS) is 24.5. The molecule has 29 heavy (non-hydrogen) atoms. The summed E-state index contributed by atoms with van der Waals surface area (Å²) in [5, 5.41) is 0. The lowest BCUT2D eigenvalue weighted by Gasteiger charge is -2.38. The molecule has 158 valence electrons. The predicted molar refractivity (Wildman–Crippen MR) is 118 cm³/mol. The Morgan fingerprint density at radius 1 is 1.00 bits per heavy atom. The summed E-state index contributed by atoms with van der Waals surface area (Å²) in [7, 11) is 0. The standard InChI is InChI=1S/C25H36N2O2/c28-25(13-12-21-7-2-1-3-8-21)27(20-24-11-6-18-29-24)19-22-14-16-26(17-15-22)23-9-4-5-10-23/h1-3,7-8,12-13,22-24H,4-6,9-11,14-20H2/b13-12+/t24-/m0/s1. The average molecular weight is 397 g/mol. The van der Waals surface area contributed by atoms with Crippen molar-refractivity contribution in [2.24, 2.45) is 5.92 Å². The van der Waals surface area contributed by atoms with Crippen LogP contribution in [0.2, 0.25) is 0 Å². The Morgan fingerprint density at radius 2 is 1.76 bits per heavy atom. The van der Waals surface area contributed by atoms with Gasteiger partial charge in [-0.05, 0) is 69.2 Å². The molecule has 2 aliphatic heterocycles. The molecule has 1 saturated carbocycles. The number of amides is 1. The maximum absolute atomic E-state index is 13.0. The van der Waals surface area contributed by atoms with E-state index in [0.29, 0.717) is 5.92 Å². The van der Waals surface area contributed by atoms with Gasteiger partial charge in [-0.25, -0.2) is 0 Å². The zero-order valence-corrected chi connectivity index (χ0v) is 17.7. The topological polar surface area (TPSA) is 32.8 Å². The van der Waals surface area contributed by atoms with Crippen LogP contribution in [0.5, 0.6) is 0 Å². The van der Waals surface area contributed by atoms with Crippen molar-refractivity contribution in [2.45, 2.75) is 63.5 Å². The minimum atomic E-state index is 0.127. The van der Waals surface area contributed by atoms with Gasteiger partial charge in [0.25, 0.3) is 0 Å². The van der Waals surface area contributed by atoms with Crippen LogP contribution in [0.15, 0.2) is 36.4 Å². The van der Waals surface area contributed by atoms with Gasteiger partial charge in [-0.15, -0.1) is 0 Å². The third kappa shape index (κ3) is 5.93. The molecule has 1 atom stereocenters. The van der Waals surface area contributed by atoms with E-state index in [2.05, 4.69) is 9.80 Å². The summed E-state index contributed by atoms with van der Waals surface area (Å²) in [6.07, 6.45) is 14.1. The molecule has 3 aliphatic rings. The molecule has 1 aromatic carbocycles. The van der Waals surface area contributed by atoms with E-state index in [9.17, 15) is 4.79 Å². The van der Waals surface area contributed by atoms with Crippen LogP contribution in [-0.2, 0) is 9.53 Å². The van der Waals surface area contributed by atoms with Crippen molar-refractivity contribution < 1.29 is 9.53 Å². The number of piperidine rings is 1. The Morgan fingerprint density at radius 3 is 2.45 bits per heavy atom. The van der Waals surface area contributed by atoms with Gasteiger partial charge in [0.05, 0.1) is 6.10 Å². The highest BCUT2D eigenvalue weighted by Gasteiger charge is 2.29. The summed E-state index contributed by atoms with van der Waals surface area (Å²) in [5.74, 6) is 0.741. The van der Waals surface area contributed by atoms with Crippen LogP contribution in [-0.4, -0.2) is 60.6 Å². The van der Waals surface area contributed by atoms with Gasteiger partial charge in [0.15, 0.2) is 0 Å². The zero-order valence-electron chi connectivity index (χ0n) is 17.7. The lowest BCUT2D eigenvalue weighted by Crippen LogP contribution is -2.45. The van der Waals surface area contributed by atoms with Gasteiger partial charge in [-0.3, -0.25) is 4.79 Å². The minimum absolute atomic E-state index is 0.127. The summed E-state index contributed by atoms with van der Waals surface area (Å²) >= 11 is 0. The van der Waals surface area contributed by atoms with Crippen molar-refractivity contribution in [1.82, 2.24) is 9.80 Å². The first-order valence-corrected chi connectivity index (χ1v) is 11.7. The van der Waals surface area contributed by atoms with Gasteiger partial charge in [0.2, 0.25) is 5.91 Å². The fraction of sp³-hybridized carbons (Fsp3) is 0.640. The zero-order chi connectivity index (χ0) is 19.9. The molecule has 1 aromatic rings. The van der Waals surface area contributed by atoms with Crippen LogP contribution in [0.25, 0.3) is 6.08 Å². The molecule has 4 rings (SSSR count). The fourth-order valence-electron chi connectivity index (χ4n) is 5.21. The van der Waals surface area contributed by atoms with Crippen LogP contribution in [0.1, 0.15) is 56.9 Å². The van der Waals surface area contributed by atoms with Crippen molar-refractivity contribution in [1.29, 1.82) is 0 Å². The Labute approximate surface area is 175 Å². The van der Waals surface area contributed by atoms with Crippen molar-refractivity contribution in [3.05, 3.63) is 42.0 Å². The Balaban J connectivity index is 1.33. The molecule has 2 heterocycles. The minimum Gasteiger partial charge on any atom is -0.376 e. The van der Waals surface area contributed by atoms with E-state index in [0.717, 1.165) is 44.1 Å². The number of carbonyl (C=O) groups is 1. The number of ether oxygens (including phenoxy) is 1. The summed E-state index contributed by atoms with van der Waals surface area (Å²) in [6.45, 7) is 4.86. The van der Waals surface area contributed by atoms with E-state index in [1.165, 1.54) is 51.6 Å². The Hall–Kier alpha value is -1.65. The van der Waals surface area contributed by atoms with Crippen molar-refractivity contribution in [3.8, 4) is 0 Å². The monoisotopic (exact) mass is 396 g/mol. The predicted octanol–water partition coefficient (Wildman–Crippen LogP) is 4.36. The van der Waals surface area contributed by atoms with Gasteiger partial charge >= 0.3 is 0 Å². The summed E-state index contributed by atoms with van der Waals surface area (Å²) in [6, 6.07) is 10.9. The third-order valence-electron chi connectivity index (χ3n) is 6.95. The van der Waals surface area contributed by atoms with Gasteiger partial charge < -0.3 is 14.5 Å². The molecule has 0 unspecified atom stereocenters. The molecule has 1 aliphatic carbocycles. The summed E-state index contributed by atoms with van der Waals surface area (Å²) in [5.41, 5.74) is 1.07. The van der Waals surface area contributed by atoms with Gasteiger partial charge in [0.1, 0.15) is 0 Å². The first kappa shape index (κ1) is 20.6. The molecule has 0 N–H and O–H groups in total. The molecule has 0 spiro atoms. The highest BCUT2D eigenvalue weighted by molar-refractivity contribution is 5.91. The molecule has 4 nitrogen and oxygen atoms in total. The number of likely N-dealkylation sites (tertiary alicyclic amines) is 1. The van der Waals surface area contributed by atoms with Gasteiger partial charge in [-0.2, -0.15) is 0 Å². The first-order chi connectivity index (χ1) is 14.3. The Bertz CT molecular complexity index is 655. The number of hydrogen-bond acceptors (Lipinski definition) is 3. The number of carbonyl (C=O) groups excluding carboxylic acids is 1. The molecular weight excluding hydrogens is 360 g/mol. The molecule has 0 bridgehead atoms. The van der Waals surface area contributed by atoms with E-state index < -0.39 is 0 Å². The van der Waals surface area contributed by atoms with Crippen LogP contribution in [0.3, 0.4) is 0 Å². The van der Waals surface area contributed by atoms with Crippen LogP contribution in [0.4, 0.5) is 0 Å². The molecule has 0 radical (unpaired) electrons. The summed E-state index contributed by atoms with van der Waals surface area (Å²) < 4.78 is 5.84. The second-order valence-electron chi connectivity index (χ2n) is 9.04. The van der Waals surface area contributed by atoms with E-state index >= 15 is 0 Å². The second kappa shape index (κ2) is 10.4. The van der Waals surface area contributed by atoms with Crippen molar-refractivity contribution >= 4 is 12.0 Å². The molecule has 3 fully saturated rings. The highest BCUT2D eigenvalue weighted by atomic mass is 16.5. The van der Waals surface area contributed by atoms with E-state index in [4.69, 9.17) is 4.74 Å². The number of nitrogens with zero attached hydrogens (tertiary/aromatic N) is 2. The van der Waals surface area contributed by atoms with Gasteiger partial charge in [0, 0.05) is 31.8 Å². The van der Waals surface area contributed by atoms with Gasteiger partial charge in [-0.1, -0.05) is 43.2 Å². The maximum Gasteiger partial charge on any atom is 0.246 e. The highest BCUT2D eigenvalue weighted by Crippen LogP contribution is 2.28. The van der Waals surface area contributed by atoms with Crippen molar-refractivity contribution in [2.75, 3.05) is 32.8 Å². The number of hydrogen-bond donors (Lipinski definition) is 0. The van der Waals surface area contributed by atoms with Crippen LogP contribution in [0, 0.1) is 5.92 Å². The van der Waals surface area contributed by atoms with Crippen LogP contribution >= 0.6 is 0 Å². The lowest BCUT2D eigenvalue weighted by atomic mass is 9.94. The lowest BCUT2D eigenvalue weighted by molar-refractivity contribution is -0.128. The fourth-order valence-corrected chi connectivity index (χ4v) is 5.21. The van der Waals surface area contributed by atoms with Crippen LogP contribution < -0.4 is 0 Å². The molecular formula is C25H36N2O2. The quantitative estimate of drug-likeness (QED) is 0.642. The van der Waals surface area contributed by atoms with E-state index in [1.807, 2.05) is 36.4 Å². The smallest absolute Gasteiger partial charge is 0.246 e. The molecule has 1 amide bonds. The third-order valence-corrected chi connectivity index (χ3v) is 6.95. The van der Waals surface area contributed by atoms with E-state index in [1.54, 1.807) is 6.08 Å². The van der Waals surface area contributed by atoms with E-state index in [-0.39, 0.29) is 12.0 Å². The second-order valence-corrected chi connectivity index (χ2v) is 9.04.